The average Bonchev–Trinajstić information content (AvgIpc) is 3.38. The summed E-state index contributed by atoms with van der Waals surface area (Å²) < 4.78 is 13.5. The van der Waals surface area contributed by atoms with Crippen molar-refractivity contribution >= 4 is 22.8 Å². The number of rotatable bonds is 7. The predicted octanol–water partition coefficient (Wildman–Crippen LogP) is 3.64. The predicted molar refractivity (Wildman–Crippen MR) is 149 cm³/mol. The van der Waals surface area contributed by atoms with Gasteiger partial charge < -0.3 is 20.1 Å². The summed E-state index contributed by atoms with van der Waals surface area (Å²) in [5, 5.41) is 14.7. The zero-order valence-electron chi connectivity index (χ0n) is 21.8. The Morgan fingerprint density at radius 1 is 1.20 bits per heavy atom. The summed E-state index contributed by atoms with van der Waals surface area (Å²) in [7, 11) is 0. The van der Waals surface area contributed by atoms with Crippen molar-refractivity contribution in [2.24, 2.45) is 0 Å². The van der Waals surface area contributed by atoms with Crippen LogP contribution in [0.1, 0.15) is 35.7 Å². The lowest BCUT2D eigenvalue weighted by Crippen LogP contribution is -2.40. The fourth-order valence-electron chi connectivity index (χ4n) is 4.60. The number of nitriles is 1. The van der Waals surface area contributed by atoms with E-state index in [9.17, 15) is 10.1 Å². The molecule has 2 aromatic carbocycles. The Balaban J connectivity index is 1.32. The number of likely N-dealkylation sites (tertiary alicyclic amines) is 1. The number of carbonyl (C=O) groups excluding carboxylic acids is 1. The van der Waals surface area contributed by atoms with Crippen molar-refractivity contribution in [3.63, 3.8) is 0 Å². The third kappa shape index (κ3) is 5.71. The summed E-state index contributed by atoms with van der Waals surface area (Å²) in [5.41, 5.74) is 8.60. The minimum Gasteiger partial charge on any atom is -0.487 e. The first kappa shape index (κ1) is 26.3. The number of fused-ring (bicyclic) bond motifs is 1. The van der Waals surface area contributed by atoms with Crippen LogP contribution in [-0.2, 0) is 11.4 Å². The fraction of sp³-hybridized carbons (Fsp3) is 0.233. The number of hydrogen-bond acceptors (Lipinski definition) is 8. The van der Waals surface area contributed by atoms with E-state index in [2.05, 4.69) is 34.5 Å². The molecule has 0 bridgehead atoms. The summed E-state index contributed by atoms with van der Waals surface area (Å²) in [6, 6.07) is 16.8. The molecule has 0 spiro atoms. The van der Waals surface area contributed by atoms with Gasteiger partial charge in [0.15, 0.2) is 5.65 Å². The molecule has 10 heteroatoms. The maximum Gasteiger partial charge on any atom is 0.246 e. The van der Waals surface area contributed by atoms with Crippen LogP contribution in [0.3, 0.4) is 0 Å². The highest BCUT2D eigenvalue weighted by atomic mass is 16.5. The first-order valence-electron chi connectivity index (χ1n) is 12.8. The van der Waals surface area contributed by atoms with Gasteiger partial charge in [-0.25, -0.2) is 14.6 Å². The maximum absolute atomic E-state index is 12.2. The van der Waals surface area contributed by atoms with Crippen molar-refractivity contribution in [1.82, 2.24) is 24.6 Å². The molecule has 4 aromatic rings. The van der Waals surface area contributed by atoms with Crippen molar-refractivity contribution < 1.29 is 14.3 Å². The monoisotopic (exact) mass is 533 g/mol. The van der Waals surface area contributed by atoms with Crippen LogP contribution >= 0.6 is 0 Å². The van der Waals surface area contributed by atoms with E-state index in [0.29, 0.717) is 53.5 Å². The van der Waals surface area contributed by atoms with E-state index >= 15 is 0 Å². The summed E-state index contributed by atoms with van der Waals surface area (Å²) in [6.07, 6.45) is 4.40. The van der Waals surface area contributed by atoms with Crippen LogP contribution in [0.2, 0.25) is 0 Å². The topological polar surface area (TPSA) is 132 Å². The molecule has 10 nitrogen and oxygen atoms in total. The minimum absolute atomic E-state index is 0.0665. The molecule has 1 unspecified atom stereocenters. The SMILES string of the molecule is C=CC(=O)N1CCCC(n2nc(C#CCOc3ccc(C#N)c(OCc4ccccc4)c3)c3c(N)ncnc32)C1. The van der Waals surface area contributed by atoms with Crippen LogP contribution in [0.5, 0.6) is 11.5 Å². The van der Waals surface area contributed by atoms with Gasteiger partial charge in [0.25, 0.3) is 0 Å². The molecule has 1 atom stereocenters. The van der Waals surface area contributed by atoms with E-state index in [-0.39, 0.29) is 24.4 Å². The average molecular weight is 534 g/mol. The Morgan fingerprint density at radius 3 is 2.85 bits per heavy atom. The van der Waals surface area contributed by atoms with Gasteiger partial charge in [-0.1, -0.05) is 42.8 Å². The molecule has 2 N–H and O–H groups in total. The molecular weight excluding hydrogens is 506 g/mol. The summed E-state index contributed by atoms with van der Waals surface area (Å²) in [5.74, 6) is 7.15. The van der Waals surface area contributed by atoms with Crippen molar-refractivity contribution in [1.29, 1.82) is 5.26 Å². The molecular formula is C30H27N7O3. The largest absolute Gasteiger partial charge is 0.487 e. The van der Waals surface area contributed by atoms with Crippen LogP contribution in [0, 0.1) is 23.2 Å². The van der Waals surface area contributed by atoms with Gasteiger partial charge in [-0.15, -0.1) is 0 Å². The molecule has 1 aliphatic heterocycles. The van der Waals surface area contributed by atoms with Gasteiger partial charge in [-0.05, 0) is 42.5 Å². The number of nitrogens with zero attached hydrogens (tertiary/aromatic N) is 6. The Kier molecular flexibility index (Phi) is 7.89. The molecule has 2 aromatic heterocycles. The van der Waals surface area contributed by atoms with Gasteiger partial charge >= 0.3 is 0 Å². The number of hydrogen-bond donors (Lipinski definition) is 1. The van der Waals surface area contributed by atoms with Gasteiger partial charge in [-0.2, -0.15) is 10.4 Å². The van der Waals surface area contributed by atoms with Crippen LogP contribution in [0.4, 0.5) is 5.82 Å². The number of ether oxygens (including phenoxy) is 2. The zero-order chi connectivity index (χ0) is 27.9. The standard InChI is InChI=1S/C30H27N7O3/c1-2-27(38)36-14-6-10-23(18-36)37-30-28(29(32)33-20-34-30)25(35-37)11-7-15-39-24-13-12-22(17-31)26(16-24)40-19-21-8-4-3-5-9-21/h2-5,8-9,12-13,16,20,23H,1,6,10,14-15,18-19H2,(H2,32,33,34). The molecule has 1 amide bonds. The normalized spacial score (nSPS) is 14.6. The third-order valence-electron chi connectivity index (χ3n) is 6.58. The van der Waals surface area contributed by atoms with Gasteiger partial charge in [-0.3, -0.25) is 4.79 Å². The smallest absolute Gasteiger partial charge is 0.246 e. The van der Waals surface area contributed by atoms with Crippen molar-refractivity contribution in [2.75, 3.05) is 25.4 Å². The lowest BCUT2D eigenvalue weighted by Gasteiger charge is -2.32. The second-order valence-corrected chi connectivity index (χ2v) is 9.17. The van der Waals surface area contributed by atoms with Crippen molar-refractivity contribution in [3.8, 4) is 29.4 Å². The maximum atomic E-state index is 12.2. The Hall–Kier alpha value is -5.35. The fourth-order valence-corrected chi connectivity index (χ4v) is 4.60. The van der Waals surface area contributed by atoms with Crippen LogP contribution < -0.4 is 15.2 Å². The molecule has 1 saturated heterocycles. The molecule has 0 aliphatic carbocycles. The number of benzene rings is 2. The third-order valence-corrected chi connectivity index (χ3v) is 6.58. The highest BCUT2D eigenvalue weighted by molar-refractivity contribution is 5.90. The van der Waals surface area contributed by atoms with Crippen molar-refractivity contribution in [3.05, 3.63) is 84.3 Å². The number of nitrogen functional groups attached to an aromatic ring is 1. The van der Waals surface area contributed by atoms with Gasteiger partial charge in [0.05, 0.1) is 17.0 Å². The number of nitrogens with two attached hydrogens (primary N) is 1. The number of carbonyl (C=O) groups is 1. The van der Waals surface area contributed by atoms with Crippen LogP contribution in [-0.4, -0.2) is 50.3 Å². The lowest BCUT2D eigenvalue weighted by atomic mass is 10.1. The van der Waals surface area contributed by atoms with E-state index in [0.717, 1.165) is 18.4 Å². The van der Waals surface area contributed by atoms with Gasteiger partial charge in [0.2, 0.25) is 5.91 Å². The molecule has 0 saturated carbocycles. The van der Waals surface area contributed by atoms with Gasteiger partial charge in [0.1, 0.15) is 48.6 Å². The number of piperidine rings is 1. The van der Waals surface area contributed by atoms with Crippen molar-refractivity contribution in [2.45, 2.75) is 25.5 Å². The molecule has 5 rings (SSSR count). The van der Waals surface area contributed by atoms with E-state index in [4.69, 9.17) is 20.3 Å². The summed E-state index contributed by atoms with van der Waals surface area (Å²) in [4.78, 5) is 22.5. The van der Waals surface area contributed by atoms with Crippen LogP contribution in [0.15, 0.2) is 67.5 Å². The Morgan fingerprint density at radius 2 is 2.05 bits per heavy atom. The van der Waals surface area contributed by atoms with Crippen LogP contribution in [0.25, 0.3) is 11.0 Å². The quantitative estimate of drug-likeness (QED) is 0.281. The van der Waals surface area contributed by atoms with E-state index < -0.39 is 0 Å². The molecule has 0 radical (unpaired) electrons. The molecule has 1 aliphatic rings. The van der Waals surface area contributed by atoms with Gasteiger partial charge in [0, 0.05) is 19.2 Å². The minimum atomic E-state index is -0.108. The molecule has 40 heavy (non-hydrogen) atoms. The van der Waals surface area contributed by atoms with E-state index in [1.54, 1.807) is 27.8 Å². The van der Waals surface area contributed by atoms with E-state index in [1.165, 1.54) is 12.4 Å². The first-order chi connectivity index (χ1) is 19.6. The second kappa shape index (κ2) is 12.0. The highest BCUT2D eigenvalue weighted by Crippen LogP contribution is 2.29. The first-order valence-corrected chi connectivity index (χ1v) is 12.8. The van der Waals surface area contributed by atoms with E-state index in [1.807, 2.05) is 30.3 Å². The summed E-state index contributed by atoms with van der Waals surface area (Å²) >= 11 is 0. The number of amides is 1. The molecule has 200 valence electrons. The Bertz CT molecular complexity index is 1650. The lowest BCUT2D eigenvalue weighted by molar-refractivity contribution is -0.127. The Labute approximate surface area is 231 Å². The molecule has 1 fully saturated rings. The highest BCUT2D eigenvalue weighted by Gasteiger charge is 2.27. The number of aromatic nitrogens is 4. The summed E-state index contributed by atoms with van der Waals surface area (Å²) in [6.45, 7) is 5.17. The second-order valence-electron chi connectivity index (χ2n) is 9.17. The number of anilines is 1. The zero-order valence-corrected chi connectivity index (χ0v) is 21.8. The molecule has 3 heterocycles.